The molecule has 4 aromatic carbocycles. The van der Waals surface area contributed by atoms with E-state index in [2.05, 4.69) is 48.0 Å². The topological polar surface area (TPSA) is 209 Å². The second kappa shape index (κ2) is 27.5. The Kier molecular flexibility index (Phi) is 21.2. The van der Waals surface area contributed by atoms with Gasteiger partial charge in [-0.25, -0.2) is 38.7 Å². The molecule has 4 heterocycles. The van der Waals surface area contributed by atoms with Gasteiger partial charge in [-0.15, -0.1) is 0 Å². The van der Waals surface area contributed by atoms with Crippen molar-refractivity contribution < 1.29 is 19.1 Å². The number of hydrogen-bond donors (Lipinski definition) is 2. The van der Waals surface area contributed by atoms with E-state index in [1.54, 1.807) is 71.1 Å². The van der Waals surface area contributed by atoms with Gasteiger partial charge in [0.25, 0.3) is 0 Å². The van der Waals surface area contributed by atoms with E-state index in [1.165, 1.54) is 6.08 Å². The number of nitrogen functional groups attached to an aromatic ring is 1. The zero-order valence-corrected chi connectivity index (χ0v) is 46.1. The minimum atomic E-state index is -0.509. The summed E-state index contributed by atoms with van der Waals surface area (Å²) in [6.45, 7) is 9.99. The fraction of sp³-hybridized carbons (Fsp3) is 0.298. The van der Waals surface area contributed by atoms with Gasteiger partial charge in [0.1, 0.15) is 34.8 Å². The van der Waals surface area contributed by atoms with Gasteiger partial charge in [0.15, 0.2) is 0 Å². The summed E-state index contributed by atoms with van der Waals surface area (Å²) in [5.41, 5.74) is 14.0. The van der Waals surface area contributed by atoms with Crippen molar-refractivity contribution in [3.8, 4) is 23.1 Å². The van der Waals surface area contributed by atoms with Crippen LogP contribution in [0.2, 0.25) is 0 Å². The van der Waals surface area contributed by atoms with Gasteiger partial charge in [-0.2, -0.15) is 0 Å². The van der Waals surface area contributed by atoms with Gasteiger partial charge in [-0.3, -0.25) is 18.7 Å². The second-order valence-corrected chi connectivity index (χ2v) is 18.8. The Morgan fingerprint density at radius 2 is 1.05 bits per heavy atom. The molecule has 0 aliphatic rings. The average molecular weight is 1080 g/mol. The number of rotatable bonds is 19. The summed E-state index contributed by atoms with van der Waals surface area (Å²) in [5, 5.41) is 2.41. The van der Waals surface area contributed by atoms with Crippen LogP contribution in [0, 0.1) is 0 Å². The molecule has 1 amide bonds. The Morgan fingerprint density at radius 3 is 1.46 bits per heavy atom. The van der Waals surface area contributed by atoms with Crippen LogP contribution < -0.4 is 41.7 Å². The summed E-state index contributed by atoms with van der Waals surface area (Å²) in [7, 11) is 18.8. The summed E-state index contributed by atoms with van der Waals surface area (Å²) in [6, 6.07) is 26.3. The monoisotopic (exact) mass is 1080 g/mol. The van der Waals surface area contributed by atoms with E-state index in [-0.39, 0.29) is 24.7 Å². The molecule has 78 heavy (non-hydrogen) atoms. The van der Waals surface area contributed by atoms with E-state index < -0.39 is 5.24 Å². The number of carbonyl (C=O) groups excluding carboxylic acids is 2. The zero-order valence-electron chi connectivity index (χ0n) is 45.3. The smallest absolute Gasteiger partial charge is 0.334 e. The van der Waals surface area contributed by atoms with E-state index in [0.29, 0.717) is 53.3 Å². The van der Waals surface area contributed by atoms with Crippen LogP contribution in [0.15, 0.2) is 132 Å². The highest BCUT2D eigenvalue weighted by Crippen LogP contribution is 2.35. The fourth-order valence-corrected chi connectivity index (χ4v) is 8.34. The number of nitrogens with one attached hydrogen (secondary N) is 1. The van der Waals surface area contributed by atoms with Crippen molar-refractivity contribution in [1.82, 2.24) is 48.0 Å². The van der Waals surface area contributed by atoms with Crippen molar-refractivity contribution in [2.24, 2.45) is 14.1 Å². The van der Waals surface area contributed by atoms with E-state index in [4.69, 9.17) is 36.8 Å². The molecule has 21 heteroatoms. The molecule has 0 fully saturated rings. The first-order valence-electron chi connectivity index (χ1n) is 24.4. The van der Waals surface area contributed by atoms with Crippen molar-refractivity contribution in [3.05, 3.63) is 166 Å². The molecule has 412 valence electrons. The number of aromatic nitrogens is 8. The maximum Gasteiger partial charge on any atom is 0.334 e. The molecule has 3 N–H and O–H groups in total. The molecule has 0 saturated carbocycles. The third-order valence-corrected chi connectivity index (χ3v) is 12.6. The van der Waals surface area contributed by atoms with Crippen LogP contribution in [0.25, 0.3) is 33.7 Å². The molecule has 8 rings (SSSR count). The number of carbonyl (C=O) groups is 2. The van der Waals surface area contributed by atoms with E-state index in [1.807, 2.05) is 115 Å². The number of anilines is 4. The maximum atomic E-state index is 13.0. The number of benzene rings is 4. The zero-order chi connectivity index (χ0) is 56.1. The van der Waals surface area contributed by atoms with Crippen molar-refractivity contribution in [2.75, 3.05) is 104 Å². The van der Waals surface area contributed by atoms with Gasteiger partial charge < -0.3 is 40.1 Å². The number of methoxy groups -OCH3 is 2. The average Bonchev–Trinajstić information content (AvgIpc) is 3.85. The predicted molar refractivity (Wildman–Crippen MR) is 314 cm³/mol. The minimum absolute atomic E-state index is 0. The molecule has 8 aromatic rings. The molecular formula is C57H71ClN14O6. The fourth-order valence-electron chi connectivity index (χ4n) is 8.34. The van der Waals surface area contributed by atoms with Crippen LogP contribution >= 0.6 is 11.6 Å². The summed E-state index contributed by atoms with van der Waals surface area (Å²) in [4.78, 5) is 74.4. The van der Waals surface area contributed by atoms with Crippen LogP contribution in [0.4, 0.5) is 22.7 Å². The number of aryl methyl sites for hydroxylation is 2. The summed E-state index contributed by atoms with van der Waals surface area (Å²) in [6.07, 6.45) is 6.34. The van der Waals surface area contributed by atoms with Crippen LogP contribution in [0.1, 0.15) is 30.2 Å². The quantitative estimate of drug-likeness (QED) is 0.0490. The molecule has 0 unspecified atom stereocenters. The van der Waals surface area contributed by atoms with Gasteiger partial charge in [0.2, 0.25) is 11.1 Å². The number of hydrogen-bond acceptors (Lipinski definition) is 15. The summed E-state index contributed by atoms with van der Waals surface area (Å²) < 4.78 is 17.8. The molecule has 0 bridgehead atoms. The number of ether oxygens (including phenoxy) is 2. The molecule has 0 aliphatic heterocycles. The second-order valence-electron chi connectivity index (χ2n) is 18.4. The number of amides is 1. The van der Waals surface area contributed by atoms with Crippen molar-refractivity contribution in [3.63, 3.8) is 0 Å². The highest BCUT2D eigenvalue weighted by atomic mass is 35.5. The number of nitrogens with two attached hydrogens (primary N) is 1. The van der Waals surface area contributed by atoms with Gasteiger partial charge in [0.05, 0.1) is 59.0 Å². The summed E-state index contributed by atoms with van der Waals surface area (Å²) in [5.74, 6) is 3.15. The number of likely N-dealkylation sites (N-methyl/N-ethyl adjacent to an activating group) is 4. The first-order valence-corrected chi connectivity index (χ1v) is 24.8. The number of allylic oxidation sites excluding steroid dienone is 1. The Morgan fingerprint density at radius 1 is 0.641 bits per heavy atom. The number of halogens is 1. The standard InChI is InChI=1S/C28H33N7O3.C25H31N7O2.C3H3ClO.CH4/c1-7-27(36)30-20-16-19(24(38-6)18-23(20)33(4)15-14-32(2)3)17-25-29-13-12-26(31-25)35-22-11-9-8-10-21(22)34(5)28(35)37;1-29(2)12-13-30(3)21-16-22(34-5)17(14-18(21)26)15-23-27-11-10-24(28-23)32-20-9-7-6-8-19(20)31(4)25(32)33;1-2-3(4)5;/h7-13,16,18H,1,14-15,17H2,2-6H3,(H,30,36);6-11,14,16H,12-13,15,26H2,1-5H3;2H,1H2;1H4. The lowest BCUT2D eigenvalue weighted by Gasteiger charge is -2.25. The van der Waals surface area contributed by atoms with Gasteiger partial charge in [0, 0.05) is 103 Å². The van der Waals surface area contributed by atoms with Crippen LogP contribution in [0.5, 0.6) is 11.5 Å². The molecule has 0 atom stereocenters. The van der Waals surface area contributed by atoms with Crippen LogP contribution in [0.3, 0.4) is 0 Å². The van der Waals surface area contributed by atoms with Gasteiger partial charge >= 0.3 is 11.4 Å². The largest absolute Gasteiger partial charge is 0.496 e. The maximum absolute atomic E-state index is 13.0. The third-order valence-electron chi connectivity index (χ3n) is 12.5. The molecule has 0 saturated heterocycles. The first kappa shape index (κ1) is 60.3. The number of imidazole rings is 2. The number of para-hydroxylation sites is 4. The van der Waals surface area contributed by atoms with Gasteiger partial charge in [-0.1, -0.05) is 44.8 Å². The lowest BCUT2D eigenvalue weighted by atomic mass is 10.1. The number of nitrogens with zero attached hydrogens (tertiary/aromatic N) is 12. The molecule has 0 aliphatic carbocycles. The van der Waals surface area contributed by atoms with Crippen molar-refractivity contribution >= 4 is 67.6 Å². The molecule has 4 aromatic heterocycles. The van der Waals surface area contributed by atoms with E-state index >= 15 is 0 Å². The van der Waals surface area contributed by atoms with Crippen molar-refractivity contribution in [1.29, 1.82) is 0 Å². The molecule has 20 nitrogen and oxygen atoms in total. The van der Waals surface area contributed by atoms with Gasteiger partial charge in [-0.05, 0) is 100 Å². The normalized spacial score (nSPS) is 10.8. The highest BCUT2D eigenvalue weighted by molar-refractivity contribution is 6.66. The van der Waals surface area contributed by atoms with E-state index in [9.17, 15) is 19.2 Å². The Labute approximate surface area is 460 Å². The minimum Gasteiger partial charge on any atom is -0.496 e. The predicted octanol–water partition coefficient (Wildman–Crippen LogP) is 6.71. The lowest BCUT2D eigenvalue weighted by molar-refractivity contribution is -0.112. The molecule has 0 spiro atoms. The summed E-state index contributed by atoms with van der Waals surface area (Å²) >= 11 is 4.71. The highest BCUT2D eigenvalue weighted by Gasteiger charge is 2.20. The Balaban J connectivity index is 0.000000262. The van der Waals surface area contributed by atoms with E-state index in [0.717, 1.165) is 82.6 Å². The lowest BCUT2D eigenvalue weighted by Crippen LogP contribution is -2.29. The SMILES string of the molecule is C.C=CC(=O)Cl.C=CC(=O)Nc1cc(Cc2nccc(-n3c(=O)n(C)c4ccccc43)n2)c(OC)cc1N(C)CCN(C)C.COc1cc(N(C)CCN(C)C)c(N)cc1Cc1nccc(-n2c(=O)n(C)c3ccccc32)n1. The number of fused-ring (bicyclic) bond motifs is 2. The Bertz CT molecular complexity index is 3530. The van der Waals surface area contributed by atoms with Crippen LogP contribution in [-0.4, -0.2) is 142 Å². The first-order chi connectivity index (χ1) is 36.8. The Hall–Kier alpha value is -8.59. The van der Waals surface area contributed by atoms with Crippen LogP contribution in [-0.2, 0) is 36.5 Å². The third kappa shape index (κ3) is 14.5. The van der Waals surface area contributed by atoms with Crippen molar-refractivity contribution in [2.45, 2.75) is 20.3 Å². The molecule has 0 radical (unpaired) electrons. The molecular weight excluding hydrogens is 1010 g/mol.